The van der Waals surface area contributed by atoms with E-state index in [1.165, 1.54) is 30.3 Å². The molecule has 6 amide bonds. The number of carboxylic acid groups (broad SMARTS) is 2. The van der Waals surface area contributed by atoms with E-state index in [0.29, 0.717) is 0 Å². The van der Waals surface area contributed by atoms with Crippen LogP contribution in [-0.4, -0.2) is 111 Å². The second kappa shape index (κ2) is 25.6. The number of benzene rings is 7. The van der Waals surface area contributed by atoms with Crippen LogP contribution >= 0.6 is 23.2 Å². The summed E-state index contributed by atoms with van der Waals surface area (Å²) in [5.74, 6) is -16.5. The van der Waals surface area contributed by atoms with Crippen molar-refractivity contribution in [3.8, 4) is 80.1 Å². The van der Waals surface area contributed by atoms with Crippen molar-refractivity contribution in [2.45, 2.75) is 81.2 Å². The Bertz CT molecular complexity index is 4280. The van der Waals surface area contributed by atoms with Crippen LogP contribution in [0.25, 0.3) is 11.1 Å². The van der Waals surface area contributed by atoms with E-state index < -0.39 is 176 Å². The van der Waals surface area contributed by atoms with Gasteiger partial charge < -0.3 is 103 Å². The number of fused-ring (bicyclic) bond motifs is 15. The zero-order valence-electron chi connectivity index (χ0n) is 48.6. The molecule has 28 nitrogen and oxygen atoms in total. The van der Waals surface area contributed by atoms with E-state index in [4.69, 9.17) is 47.9 Å². The summed E-state index contributed by atoms with van der Waals surface area (Å²) < 4.78 is 23.8. The highest BCUT2D eigenvalue weighted by Crippen LogP contribution is 2.48. The number of aliphatic carboxylic acids is 2. The number of hydrogen-bond donors (Lipinski definition) is 16. The number of carboxylic acids is 2. The smallest absolute Gasteiger partial charge is 0.408 e. The maximum absolute atomic E-state index is 15.6. The Balaban J connectivity index is 1.17. The summed E-state index contributed by atoms with van der Waals surface area (Å²) in [7, 11) is 0. The number of halogens is 2. The van der Waals surface area contributed by atoms with Crippen molar-refractivity contribution >= 4 is 70.8 Å². The average Bonchev–Trinajstić information content (AvgIpc) is 0.777. The molecule has 5 heterocycles. The van der Waals surface area contributed by atoms with Gasteiger partial charge in [0.2, 0.25) is 35.3 Å². The van der Waals surface area contributed by atoms with Gasteiger partial charge in [0.05, 0.1) is 10.0 Å². The van der Waals surface area contributed by atoms with Crippen molar-refractivity contribution in [3.05, 3.63) is 164 Å². The number of alkyl carbamates (subject to hydrolysis) is 1. The van der Waals surface area contributed by atoms with Gasteiger partial charge in [-0.25, -0.2) is 14.4 Å². The predicted molar refractivity (Wildman–Crippen MR) is 324 cm³/mol. The number of phenolic OH excluding ortho intramolecular Hbond substituents is 6. The van der Waals surface area contributed by atoms with Crippen molar-refractivity contribution in [1.29, 1.82) is 0 Å². The van der Waals surface area contributed by atoms with Crippen LogP contribution in [0.15, 0.2) is 115 Å². The third kappa shape index (κ3) is 13.9. The molecular formula is C63H55Cl2N7O21. The minimum atomic E-state index is -2.20. The van der Waals surface area contributed by atoms with Gasteiger partial charge in [-0.05, 0) is 133 Å². The Morgan fingerprint density at radius 1 is 0.559 bits per heavy atom. The molecule has 8 atom stereocenters. The Morgan fingerprint density at radius 2 is 1.16 bits per heavy atom. The van der Waals surface area contributed by atoms with Crippen LogP contribution in [0.1, 0.15) is 96.0 Å². The van der Waals surface area contributed by atoms with Crippen LogP contribution < -0.4 is 51.8 Å². The summed E-state index contributed by atoms with van der Waals surface area (Å²) in [4.78, 5) is 114. The summed E-state index contributed by atoms with van der Waals surface area (Å²) in [6.45, 7) is 4.65. The second-order valence-electron chi connectivity index (χ2n) is 22.6. The number of hydrogen-bond acceptors (Lipinski definition) is 20. The van der Waals surface area contributed by atoms with Gasteiger partial charge in [-0.15, -0.1) is 0 Å². The molecule has 17 N–H and O–H groups in total. The van der Waals surface area contributed by atoms with E-state index in [1.54, 1.807) is 20.8 Å². The number of nitrogens with one attached hydrogen (secondary N) is 6. The average molecular weight is 1320 g/mol. The van der Waals surface area contributed by atoms with Crippen molar-refractivity contribution in [2.75, 3.05) is 0 Å². The lowest BCUT2D eigenvalue weighted by Crippen LogP contribution is -2.55. The van der Waals surface area contributed by atoms with Gasteiger partial charge in [-0.2, -0.15) is 0 Å². The maximum Gasteiger partial charge on any atom is 0.408 e. The molecule has 0 spiro atoms. The second-order valence-corrected chi connectivity index (χ2v) is 23.4. The van der Waals surface area contributed by atoms with E-state index >= 15 is 9.59 Å². The SMILES string of the molecule is CC(C)(C)OC(=O)NC1C(=O)NC(C(=O)O)Cc2ccc(c(Cl)c2)Oc2cc3cc(c2O)Oc2ccc(cc2Cl)C(O)C2NC(=O)C(NC(=O)C3NC(=O)C(N)c3cc(O)cc(c3)Oc3cc1ccc3O)c1ccc(O)c(c1)-c1c(O)cc(O)cc1C(C(=O)O)NC2=O. The lowest BCUT2D eigenvalue weighted by Gasteiger charge is -2.31. The van der Waals surface area contributed by atoms with Gasteiger partial charge in [0, 0.05) is 35.2 Å². The molecule has 0 saturated heterocycles. The van der Waals surface area contributed by atoms with Gasteiger partial charge in [-0.1, -0.05) is 47.5 Å². The standard InChI is InChI=1S/C63H55Cl2N7O21/c1-63(2,3)93-62(89)72-49-26-6-9-39(76)43(18-26)90-32-15-28(14-30(73)21-32)47(66)55(80)68-50-29-19-44(91-41-10-4-24(12-35(41)64)13-37(60(85)86)67-56(49)81)54(79)45(20-29)92-42-11-7-27(17-36(42)65)53(78)52-59(84)70-51(61(87)88)34-22-31(74)23-40(77)46(34)33-16-25(5-8-38(33)75)48(57(82)71-52)69-58(50)83/h4-12,14-23,37,47-53,73-79H,13,66H2,1-3H3,(H,67,81)(H,68,80)(H,69,83)(H,70,84)(H,71,82)(H,72,89)(H,85,86)(H,87,88). The van der Waals surface area contributed by atoms with Crippen molar-refractivity contribution in [2.24, 2.45) is 5.73 Å². The first kappa shape index (κ1) is 64.8. The van der Waals surface area contributed by atoms with E-state index in [0.717, 1.165) is 84.9 Å². The lowest BCUT2D eigenvalue weighted by molar-refractivity contribution is -0.143. The summed E-state index contributed by atoms with van der Waals surface area (Å²) in [5, 5.41) is 115. The topological polar surface area (TPSA) is 454 Å². The molecule has 5 aliphatic rings. The molecule has 7 aromatic carbocycles. The number of nitrogens with two attached hydrogens (primary N) is 1. The number of carbonyl (C=O) groups excluding carboxylic acids is 6. The van der Waals surface area contributed by atoms with Gasteiger partial charge in [-0.3, -0.25) is 24.0 Å². The summed E-state index contributed by atoms with van der Waals surface area (Å²) in [5.41, 5.74) is 3.06. The molecule has 5 aliphatic heterocycles. The molecule has 0 radical (unpaired) electrons. The molecule has 0 fully saturated rings. The number of aliphatic hydroxyl groups excluding tert-OH is 1. The fourth-order valence-corrected chi connectivity index (χ4v) is 10.9. The first-order chi connectivity index (χ1) is 43.9. The monoisotopic (exact) mass is 1320 g/mol. The summed E-state index contributed by atoms with van der Waals surface area (Å²) in [6, 6.07) is 6.65. The third-order valence-electron chi connectivity index (χ3n) is 14.8. The fourth-order valence-electron chi connectivity index (χ4n) is 10.4. The Morgan fingerprint density at radius 3 is 1.82 bits per heavy atom. The van der Waals surface area contributed by atoms with E-state index in [1.807, 2.05) is 0 Å². The van der Waals surface area contributed by atoms with Crippen LogP contribution in [0, 0.1) is 0 Å². The number of carbonyl (C=O) groups is 8. The normalized spacial score (nSPS) is 20.8. The minimum absolute atomic E-state index is 0.110. The molecule has 0 aromatic heterocycles. The zero-order valence-corrected chi connectivity index (χ0v) is 50.1. The third-order valence-corrected chi connectivity index (χ3v) is 15.4. The van der Waals surface area contributed by atoms with Crippen molar-refractivity contribution in [3.63, 3.8) is 0 Å². The summed E-state index contributed by atoms with van der Waals surface area (Å²) >= 11 is 13.6. The molecule has 93 heavy (non-hydrogen) atoms. The van der Waals surface area contributed by atoms with E-state index in [2.05, 4.69) is 31.9 Å². The van der Waals surface area contributed by atoms with Crippen LogP contribution in [0.5, 0.6) is 69.0 Å². The van der Waals surface area contributed by atoms with Crippen LogP contribution in [0.4, 0.5) is 4.79 Å². The van der Waals surface area contributed by atoms with E-state index in [-0.39, 0.29) is 60.7 Å². The first-order valence-corrected chi connectivity index (χ1v) is 28.6. The van der Waals surface area contributed by atoms with Crippen molar-refractivity contribution < 1.29 is 103 Å². The predicted octanol–water partition coefficient (Wildman–Crippen LogP) is 6.46. The maximum atomic E-state index is 15.6. The molecule has 30 heteroatoms. The number of ether oxygens (including phenoxy) is 4. The highest BCUT2D eigenvalue weighted by atomic mass is 35.5. The summed E-state index contributed by atoms with van der Waals surface area (Å²) in [6.07, 6.45) is -3.74. The molecule has 0 aliphatic carbocycles. The Labute approximate surface area is 535 Å². The lowest BCUT2D eigenvalue weighted by atomic mass is 9.89. The largest absolute Gasteiger partial charge is 0.508 e. The quantitative estimate of drug-likeness (QED) is 0.0901. The van der Waals surface area contributed by atoms with Gasteiger partial charge in [0.1, 0.15) is 88.2 Å². The van der Waals surface area contributed by atoms with Crippen LogP contribution in [-0.2, 0) is 44.7 Å². The Kier molecular flexibility index (Phi) is 17.8. The first-order valence-electron chi connectivity index (χ1n) is 27.8. The molecule has 7 aromatic rings. The molecule has 8 unspecified atom stereocenters. The molecular weight excluding hydrogens is 1260 g/mol. The fraction of sp³-hybridized carbons (Fsp3) is 0.206. The number of aliphatic hydroxyl groups is 1. The van der Waals surface area contributed by atoms with Crippen LogP contribution in [0.3, 0.4) is 0 Å². The zero-order chi connectivity index (χ0) is 67.2. The number of amides is 6. The highest BCUT2D eigenvalue weighted by Gasteiger charge is 2.41. The number of aromatic hydroxyl groups is 6. The molecule has 12 rings (SSSR count). The number of rotatable bonds is 3. The van der Waals surface area contributed by atoms with Gasteiger partial charge >= 0.3 is 18.0 Å². The highest BCUT2D eigenvalue weighted by molar-refractivity contribution is 6.32. The van der Waals surface area contributed by atoms with Gasteiger partial charge in [0.15, 0.2) is 29.0 Å². The van der Waals surface area contributed by atoms with Crippen molar-refractivity contribution in [1.82, 2.24) is 31.9 Å². The Hall–Kier alpha value is -11.2. The van der Waals surface area contributed by atoms with E-state index in [9.17, 15) is 74.7 Å². The van der Waals surface area contributed by atoms with Crippen LogP contribution in [0.2, 0.25) is 10.0 Å². The molecule has 15 bridgehead atoms. The molecule has 0 saturated carbocycles. The minimum Gasteiger partial charge on any atom is -0.508 e. The van der Waals surface area contributed by atoms with Gasteiger partial charge in [0.25, 0.3) is 0 Å². The number of phenols is 6. The molecule has 482 valence electrons.